The van der Waals surface area contributed by atoms with Gasteiger partial charge in [0.1, 0.15) is 16.4 Å². The number of amides is 2. The molecule has 0 heterocycles. The molecule has 0 fully saturated rings. The van der Waals surface area contributed by atoms with E-state index in [9.17, 15) is 22.8 Å². The third-order valence-electron chi connectivity index (χ3n) is 2.00. The molecule has 2 amide bonds. The molecule has 5 N–H and O–H groups in total. The van der Waals surface area contributed by atoms with Crippen molar-refractivity contribution < 1.29 is 27.9 Å². The smallest absolute Gasteiger partial charge is 0.322 e. The first kappa shape index (κ1) is 17.3. The zero-order valence-electron chi connectivity index (χ0n) is 10.4. The first-order chi connectivity index (χ1) is 8.61. The SMILES string of the molecule is CS(=O)(=O)CCC(N)C(=O)NCC(=O)NCC(=O)O. The number of sulfone groups is 1. The summed E-state index contributed by atoms with van der Waals surface area (Å²) in [5.41, 5.74) is 5.43. The van der Waals surface area contributed by atoms with Gasteiger partial charge < -0.3 is 21.5 Å². The Morgan fingerprint density at radius 3 is 2.26 bits per heavy atom. The van der Waals surface area contributed by atoms with Gasteiger partial charge in [0.25, 0.3) is 0 Å². The van der Waals surface area contributed by atoms with Crippen LogP contribution in [0.3, 0.4) is 0 Å². The fraction of sp³-hybridized carbons (Fsp3) is 0.667. The second kappa shape index (κ2) is 7.69. The van der Waals surface area contributed by atoms with Crippen molar-refractivity contribution in [1.82, 2.24) is 10.6 Å². The number of nitrogens with two attached hydrogens (primary N) is 1. The van der Waals surface area contributed by atoms with E-state index >= 15 is 0 Å². The van der Waals surface area contributed by atoms with Crippen molar-refractivity contribution in [3.05, 3.63) is 0 Å². The minimum absolute atomic E-state index is 0.0542. The minimum Gasteiger partial charge on any atom is -0.480 e. The molecule has 0 aliphatic carbocycles. The Labute approximate surface area is 110 Å². The van der Waals surface area contributed by atoms with Gasteiger partial charge in [0.05, 0.1) is 18.3 Å². The lowest BCUT2D eigenvalue weighted by Crippen LogP contribution is -2.46. The molecule has 0 aliphatic heterocycles. The van der Waals surface area contributed by atoms with E-state index in [0.29, 0.717) is 0 Å². The minimum atomic E-state index is -3.21. The summed E-state index contributed by atoms with van der Waals surface area (Å²) in [6.45, 7) is -0.965. The quantitative estimate of drug-likeness (QED) is 0.373. The lowest BCUT2D eigenvalue weighted by Gasteiger charge is -2.11. The van der Waals surface area contributed by atoms with E-state index in [-0.39, 0.29) is 12.2 Å². The van der Waals surface area contributed by atoms with Gasteiger partial charge in [0.2, 0.25) is 11.8 Å². The number of carboxylic acids is 1. The lowest BCUT2D eigenvalue weighted by atomic mass is 10.2. The molecule has 1 atom stereocenters. The predicted molar refractivity (Wildman–Crippen MR) is 66.0 cm³/mol. The van der Waals surface area contributed by atoms with Crippen molar-refractivity contribution in [1.29, 1.82) is 0 Å². The van der Waals surface area contributed by atoms with Crippen LogP contribution in [0.4, 0.5) is 0 Å². The number of aliphatic carboxylic acids is 1. The van der Waals surface area contributed by atoms with Crippen molar-refractivity contribution in [2.45, 2.75) is 12.5 Å². The van der Waals surface area contributed by atoms with E-state index in [0.717, 1.165) is 6.26 Å². The van der Waals surface area contributed by atoms with Gasteiger partial charge in [-0.25, -0.2) is 8.42 Å². The van der Waals surface area contributed by atoms with Gasteiger partial charge in [-0.3, -0.25) is 14.4 Å². The van der Waals surface area contributed by atoms with Crippen LogP contribution in [-0.2, 0) is 24.2 Å². The van der Waals surface area contributed by atoms with Gasteiger partial charge in [-0.1, -0.05) is 0 Å². The van der Waals surface area contributed by atoms with Gasteiger partial charge in [-0.05, 0) is 6.42 Å². The Hall–Kier alpha value is -1.68. The van der Waals surface area contributed by atoms with Crippen LogP contribution < -0.4 is 16.4 Å². The van der Waals surface area contributed by atoms with Crippen LogP contribution in [0.2, 0.25) is 0 Å². The molecule has 0 aliphatic rings. The summed E-state index contributed by atoms with van der Waals surface area (Å²) in [7, 11) is -3.21. The van der Waals surface area contributed by atoms with E-state index in [2.05, 4.69) is 5.32 Å². The molecule has 0 saturated carbocycles. The Balaban J connectivity index is 3.97. The van der Waals surface area contributed by atoms with Crippen LogP contribution in [0.1, 0.15) is 6.42 Å². The Bertz CT molecular complexity index is 447. The van der Waals surface area contributed by atoms with E-state index in [1.54, 1.807) is 0 Å². The van der Waals surface area contributed by atoms with Crippen LogP contribution in [0.5, 0.6) is 0 Å². The summed E-state index contributed by atoms with van der Waals surface area (Å²) in [6, 6.07) is -1.04. The number of carboxylic acid groups (broad SMARTS) is 1. The average molecular weight is 295 g/mol. The highest BCUT2D eigenvalue weighted by Gasteiger charge is 2.16. The van der Waals surface area contributed by atoms with E-state index in [1.165, 1.54) is 0 Å². The lowest BCUT2D eigenvalue weighted by molar-refractivity contribution is -0.137. The van der Waals surface area contributed by atoms with Gasteiger partial charge in [-0.15, -0.1) is 0 Å². The van der Waals surface area contributed by atoms with Crippen molar-refractivity contribution >= 4 is 27.6 Å². The highest BCUT2D eigenvalue weighted by atomic mass is 32.2. The molecular formula is C9H17N3O6S. The second-order valence-electron chi connectivity index (χ2n) is 3.91. The normalized spacial score (nSPS) is 12.5. The summed E-state index contributed by atoms with van der Waals surface area (Å²) in [5.74, 6) is -2.78. The van der Waals surface area contributed by atoms with E-state index < -0.39 is 46.8 Å². The molecule has 9 nitrogen and oxygen atoms in total. The first-order valence-corrected chi connectivity index (χ1v) is 7.37. The van der Waals surface area contributed by atoms with Crippen LogP contribution >= 0.6 is 0 Å². The molecule has 0 aromatic rings. The largest absolute Gasteiger partial charge is 0.480 e. The van der Waals surface area contributed by atoms with Crippen LogP contribution in [0.25, 0.3) is 0 Å². The molecule has 0 aromatic carbocycles. The molecule has 0 radical (unpaired) electrons. The monoisotopic (exact) mass is 295 g/mol. The fourth-order valence-electron chi connectivity index (χ4n) is 1.01. The highest BCUT2D eigenvalue weighted by Crippen LogP contribution is 1.93. The number of nitrogens with one attached hydrogen (secondary N) is 2. The van der Waals surface area contributed by atoms with Crippen LogP contribution in [0.15, 0.2) is 0 Å². The molecule has 0 aromatic heterocycles. The third-order valence-corrected chi connectivity index (χ3v) is 2.97. The van der Waals surface area contributed by atoms with Crippen LogP contribution in [0, 0.1) is 0 Å². The topological polar surface area (TPSA) is 156 Å². The van der Waals surface area contributed by atoms with E-state index in [1.807, 2.05) is 5.32 Å². The number of carbonyl (C=O) groups is 3. The van der Waals surface area contributed by atoms with Crippen molar-refractivity contribution in [2.75, 3.05) is 25.1 Å². The molecule has 0 spiro atoms. The van der Waals surface area contributed by atoms with Gasteiger partial charge in [-0.2, -0.15) is 0 Å². The van der Waals surface area contributed by atoms with Crippen LogP contribution in [-0.4, -0.2) is 62.4 Å². The molecule has 1 unspecified atom stereocenters. The molecule has 0 rings (SSSR count). The maximum atomic E-state index is 11.4. The number of hydrogen-bond acceptors (Lipinski definition) is 6. The third kappa shape index (κ3) is 9.97. The Morgan fingerprint density at radius 1 is 1.21 bits per heavy atom. The molecule has 0 saturated heterocycles. The van der Waals surface area contributed by atoms with Crippen molar-refractivity contribution in [3.63, 3.8) is 0 Å². The van der Waals surface area contributed by atoms with Gasteiger partial charge >= 0.3 is 5.97 Å². The number of carbonyl (C=O) groups excluding carboxylic acids is 2. The molecule has 19 heavy (non-hydrogen) atoms. The first-order valence-electron chi connectivity index (χ1n) is 5.31. The van der Waals surface area contributed by atoms with Crippen molar-refractivity contribution in [2.24, 2.45) is 5.73 Å². The van der Waals surface area contributed by atoms with Crippen molar-refractivity contribution in [3.8, 4) is 0 Å². The zero-order chi connectivity index (χ0) is 15.1. The van der Waals surface area contributed by atoms with Gasteiger partial charge in [0.15, 0.2) is 0 Å². The summed E-state index contributed by atoms with van der Waals surface area (Å²) in [4.78, 5) is 32.6. The maximum Gasteiger partial charge on any atom is 0.322 e. The zero-order valence-corrected chi connectivity index (χ0v) is 11.2. The highest BCUT2D eigenvalue weighted by molar-refractivity contribution is 7.90. The molecule has 110 valence electrons. The maximum absolute atomic E-state index is 11.4. The summed E-state index contributed by atoms with van der Waals surface area (Å²) >= 11 is 0. The molecular weight excluding hydrogens is 278 g/mol. The standard InChI is InChI=1S/C9H17N3O6S/c1-19(17,18)3-2-6(10)9(16)12-4-7(13)11-5-8(14)15/h6H,2-5,10H2,1H3,(H,11,13)(H,12,16)(H,14,15). The van der Waals surface area contributed by atoms with E-state index in [4.69, 9.17) is 10.8 Å². The predicted octanol–water partition coefficient (Wildman–Crippen LogP) is -2.93. The second-order valence-corrected chi connectivity index (χ2v) is 6.17. The number of rotatable bonds is 8. The average Bonchev–Trinajstić information content (AvgIpc) is 2.29. The number of hydrogen-bond donors (Lipinski definition) is 4. The molecule has 10 heteroatoms. The molecule has 0 bridgehead atoms. The van der Waals surface area contributed by atoms with Gasteiger partial charge in [0, 0.05) is 6.26 Å². The fourth-order valence-corrected chi connectivity index (χ4v) is 1.69. The summed E-state index contributed by atoms with van der Waals surface area (Å²) in [6.07, 6.45) is 0.971. The summed E-state index contributed by atoms with van der Waals surface area (Å²) < 4.78 is 21.7. The summed E-state index contributed by atoms with van der Waals surface area (Å²) in [5, 5.41) is 12.5. The Morgan fingerprint density at radius 2 is 1.79 bits per heavy atom. The Kier molecular flexibility index (Phi) is 7.01.